The van der Waals surface area contributed by atoms with Crippen molar-refractivity contribution in [2.75, 3.05) is 26.2 Å². The van der Waals surface area contributed by atoms with E-state index in [0.717, 1.165) is 48.4 Å². The van der Waals surface area contributed by atoms with Crippen LogP contribution < -0.4 is 10.9 Å². The van der Waals surface area contributed by atoms with Crippen LogP contribution in [0.5, 0.6) is 0 Å². The summed E-state index contributed by atoms with van der Waals surface area (Å²) in [4.78, 5) is 26.4. The summed E-state index contributed by atoms with van der Waals surface area (Å²) < 4.78 is 1.60. The van der Waals surface area contributed by atoms with Crippen LogP contribution in [0.15, 0.2) is 35.3 Å². The molecule has 1 N–H and O–H groups in total. The first-order valence-electron chi connectivity index (χ1n) is 8.25. The Bertz CT molecular complexity index is 807. The molecule has 0 bridgehead atoms. The first-order chi connectivity index (χ1) is 11.5. The monoisotopic (exact) mass is 325 g/mol. The summed E-state index contributed by atoms with van der Waals surface area (Å²) in [6, 6.07) is 7.78. The van der Waals surface area contributed by atoms with E-state index in [1.807, 2.05) is 49.2 Å². The lowest BCUT2D eigenvalue weighted by Gasteiger charge is -2.28. The van der Waals surface area contributed by atoms with Gasteiger partial charge in [-0.05, 0) is 42.7 Å². The number of aromatic nitrogens is 1. The molecule has 3 rings (SSSR count). The minimum absolute atomic E-state index is 0.0148. The highest BCUT2D eigenvalue weighted by Crippen LogP contribution is 2.23. The number of hydrogen-bond acceptors (Lipinski definition) is 3. The van der Waals surface area contributed by atoms with E-state index in [1.54, 1.807) is 11.6 Å². The summed E-state index contributed by atoms with van der Waals surface area (Å²) in [5.41, 5.74) is 4.45. The maximum Gasteiger partial charge on any atom is 0.254 e. The molecule has 24 heavy (non-hydrogen) atoms. The lowest BCUT2D eigenvalue weighted by molar-refractivity contribution is 0.0735. The summed E-state index contributed by atoms with van der Waals surface area (Å²) in [6.45, 7) is 6.98. The van der Waals surface area contributed by atoms with E-state index in [9.17, 15) is 9.59 Å². The smallest absolute Gasteiger partial charge is 0.254 e. The number of carbonyl (C=O) groups excluding carboxylic acids is 1. The van der Waals surface area contributed by atoms with Crippen LogP contribution in [-0.2, 0) is 7.05 Å². The predicted molar refractivity (Wildman–Crippen MR) is 95.4 cm³/mol. The van der Waals surface area contributed by atoms with Gasteiger partial charge in [-0.15, -0.1) is 0 Å². The number of amides is 1. The molecule has 1 saturated heterocycles. The topological polar surface area (TPSA) is 54.3 Å². The molecule has 0 unspecified atom stereocenters. The summed E-state index contributed by atoms with van der Waals surface area (Å²) in [5.74, 6) is 0.0946. The van der Waals surface area contributed by atoms with Gasteiger partial charge in [0, 0.05) is 50.6 Å². The Balaban J connectivity index is 1.92. The molecule has 1 aromatic heterocycles. The fourth-order valence-corrected chi connectivity index (χ4v) is 3.16. The summed E-state index contributed by atoms with van der Waals surface area (Å²) in [7, 11) is 1.76. The number of nitrogens with one attached hydrogen (secondary N) is 1. The van der Waals surface area contributed by atoms with E-state index in [0.29, 0.717) is 5.56 Å². The van der Waals surface area contributed by atoms with Gasteiger partial charge in [-0.2, -0.15) is 0 Å². The second-order valence-electron chi connectivity index (χ2n) is 6.40. The minimum Gasteiger partial charge on any atom is -0.336 e. The molecule has 1 fully saturated rings. The fraction of sp³-hybridized carbons (Fsp3) is 0.368. The van der Waals surface area contributed by atoms with Crippen molar-refractivity contribution in [3.63, 3.8) is 0 Å². The highest BCUT2D eigenvalue weighted by atomic mass is 16.2. The Morgan fingerprint density at radius 1 is 1.04 bits per heavy atom. The third kappa shape index (κ3) is 3.12. The van der Waals surface area contributed by atoms with Gasteiger partial charge in [-0.25, -0.2) is 0 Å². The van der Waals surface area contributed by atoms with Crippen molar-refractivity contribution >= 4 is 5.91 Å². The molecule has 0 aliphatic carbocycles. The quantitative estimate of drug-likeness (QED) is 0.915. The van der Waals surface area contributed by atoms with E-state index >= 15 is 0 Å². The summed E-state index contributed by atoms with van der Waals surface area (Å²) in [6.07, 6.45) is 1.84. The molecule has 1 aliphatic heterocycles. The fourth-order valence-electron chi connectivity index (χ4n) is 3.16. The first kappa shape index (κ1) is 16.5. The van der Waals surface area contributed by atoms with Crippen LogP contribution >= 0.6 is 0 Å². The Labute approximate surface area is 141 Å². The molecular formula is C19H23N3O2. The Morgan fingerprint density at radius 3 is 2.33 bits per heavy atom. The third-order valence-electron chi connectivity index (χ3n) is 4.56. The van der Waals surface area contributed by atoms with Crippen molar-refractivity contribution in [1.29, 1.82) is 0 Å². The van der Waals surface area contributed by atoms with Crippen LogP contribution in [0.4, 0.5) is 0 Å². The van der Waals surface area contributed by atoms with Crippen LogP contribution in [0, 0.1) is 13.8 Å². The average Bonchev–Trinajstić information content (AvgIpc) is 2.59. The zero-order valence-corrected chi connectivity index (χ0v) is 14.4. The van der Waals surface area contributed by atoms with Crippen molar-refractivity contribution in [2.24, 2.45) is 7.05 Å². The number of nitrogens with zero attached hydrogens (tertiary/aromatic N) is 2. The highest BCUT2D eigenvalue weighted by Gasteiger charge is 2.19. The average molecular weight is 325 g/mol. The standard InChI is InChI=1S/C19H23N3O2/c1-13-10-15(16-11-14(2)18(23)21(3)12-16)4-5-17(13)19(24)22-8-6-20-7-9-22/h4-5,10-12,20H,6-9H2,1-3H3. The third-order valence-corrected chi connectivity index (χ3v) is 4.56. The number of rotatable bonds is 2. The summed E-state index contributed by atoms with van der Waals surface area (Å²) in [5, 5.41) is 3.26. The van der Waals surface area contributed by atoms with Crippen molar-refractivity contribution in [2.45, 2.75) is 13.8 Å². The van der Waals surface area contributed by atoms with Crippen LogP contribution in [0.1, 0.15) is 21.5 Å². The molecule has 0 spiro atoms. The number of piperazine rings is 1. The number of pyridine rings is 1. The number of carbonyl (C=O) groups is 1. The van der Waals surface area contributed by atoms with Gasteiger partial charge in [-0.3, -0.25) is 9.59 Å². The molecule has 2 heterocycles. The van der Waals surface area contributed by atoms with Crippen LogP contribution in [-0.4, -0.2) is 41.6 Å². The van der Waals surface area contributed by atoms with Crippen LogP contribution in [0.25, 0.3) is 11.1 Å². The van der Waals surface area contributed by atoms with E-state index < -0.39 is 0 Å². The van der Waals surface area contributed by atoms with Crippen molar-refractivity contribution in [3.8, 4) is 11.1 Å². The second-order valence-corrected chi connectivity index (χ2v) is 6.40. The van der Waals surface area contributed by atoms with Gasteiger partial charge in [0.1, 0.15) is 0 Å². The van der Waals surface area contributed by atoms with Gasteiger partial charge >= 0.3 is 0 Å². The largest absolute Gasteiger partial charge is 0.336 e. The molecule has 0 saturated carbocycles. The van der Waals surface area contributed by atoms with E-state index in [1.165, 1.54) is 0 Å². The maximum absolute atomic E-state index is 12.7. The lowest BCUT2D eigenvalue weighted by Crippen LogP contribution is -2.46. The van der Waals surface area contributed by atoms with Crippen LogP contribution in [0.2, 0.25) is 0 Å². The van der Waals surface area contributed by atoms with E-state index in [2.05, 4.69) is 5.32 Å². The molecular weight excluding hydrogens is 302 g/mol. The van der Waals surface area contributed by atoms with Crippen molar-refractivity contribution in [1.82, 2.24) is 14.8 Å². The molecule has 5 heteroatoms. The number of benzene rings is 1. The van der Waals surface area contributed by atoms with Gasteiger partial charge < -0.3 is 14.8 Å². The van der Waals surface area contributed by atoms with Crippen molar-refractivity contribution in [3.05, 3.63) is 57.5 Å². The van der Waals surface area contributed by atoms with Crippen molar-refractivity contribution < 1.29 is 4.79 Å². The zero-order chi connectivity index (χ0) is 17.3. The normalized spacial score (nSPS) is 14.7. The molecule has 0 radical (unpaired) electrons. The van der Waals surface area contributed by atoms with Gasteiger partial charge in [-0.1, -0.05) is 12.1 Å². The van der Waals surface area contributed by atoms with Crippen LogP contribution in [0.3, 0.4) is 0 Å². The Morgan fingerprint density at radius 2 is 1.71 bits per heavy atom. The Kier molecular flexibility index (Phi) is 4.53. The number of aryl methyl sites for hydroxylation is 3. The number of hydrogen-bond donors (Lipinski definition) is 1. The summed E-state index contributed by atoms with van der Waals surface area (Å²) >= 11 is 0. The van der Waals surface area contributed by atoms with Gasteiger partial charge in [0.05, 0.1) is 0 Å². The molecule has 1 aliphatic rings. The lowest BCUT2D eigenvalue weighted by atomic mass is 9.99. The first-order valence-corrected chi connectivity index (χ1v) is 8.25. The molecule has 1 amide bonds. The predicted octanol–water partition coefficient (Wildman–Crippen LogP) is 1.71. The molecule has 5 nitrogen and oxygen atoms in total. The van der Waals surface area contributed by atoms with Gasteiger partial charge in [0.15, 0.2) is 0 Å². The SMILES string of the molecule is Cc1cc(-c2cc(C)c(=O)n(C)c2)ccc1C(=O)N1CCNCC1. The van der Waals surface area contributed by atoms with E-state index in [-0.39, 0.29) is 11.5 Å². The van der Waals surface area contributed by atoms with E-state index in [4.69, 9.17) is 0 Å². The molecule has 126 valence electrons. The van der Waals surface area contributed by atoms with Gasteiger partial charge in [0.25, 0.3) is 11.5 Å². The zero-order valence-electron chi connectivity index (χ0n) is 14.4. The molecule has 2 aromatic rings. The minimum atomic E-state index is 0.0148. The highest BCUT2D eigenvalue weighted by molar-refractivity contribution is 5.96. The van der Waals surface area contributed by atoms with Gasteiger partial charge in [0.2, 0.25) is 0 Å². The Hall–Kier alpha value is -2.40. The second kappa shape index (κ2) is 6.61. The molecule has 0 atom stereocenters. The molecule has 1 aromatic carbocycles. The maximum atomic E-state index is 12.7.